The van der Waals surface area contributed by atoms with Crippen LogP contribution in [-0.4, -0.2) is 20.0 Å². The predicted molar refractivity (Wildman–Crippen MR) is 130 cm³/mol. The Bertz CT molecular complexity index is 1440. The summed E-state index contributed by atoms with van der Waals surface area (Å²) in [6.45, 7) is 0.704. The number of carbonyl (C=O) groups is 1. The van der Waals surface area contributed by atoms with Gasteiger partial charge in [0.25, 0.3) is 11.2 Å². The minimum Gasteiger partial charge on any atom is -0.352 e. The van der Waals surface area contributed by atoms with E-state index in [0.717, 1.165) is 10.1 Å². The van der Waals surface area contributed by atoms with Gasteiger partial charge in [-0.25, -0.2) is 4.79 Å². The number of hydrogen-bond acceptors (Lipinski definition) is 6. The second kappa shape index (κ2) is 10.3. The highest BCUT2D eigenvalue weighted by molar-refractivity contribution is 7.17. The van der Waals surface area contributed by atoms with Gasteiger partial charge in [-0.05, 0) is 29.0 Å². The monoisotopic (exact) mass is 478 g/mol. The SMILES string of the molecule is O=C(CCCn1c(=O)c2sccc2n(Cc2ccc([N+](=O)[O-])cc2)c1=O)NCc1ccccc1. The molecule has 1 N–H and O–H groups in total. The van der Waals surface area contributed by atoms with Crippen molar-refractivity contribution >= 4 is 33.1 Å². The quantitative estimate of drug-likeness (QED) is 0.293. The molecular formula is C24H22N4O5S. The van der Waals surface area contributed by atoms with Crippen molar-refractivity contribution in [1.29, 1.82) is 0 Å². The molecule has 34 heavy (non-hydrogen) atoms. The zero-order valence-corrected chi connectivity index (χ0v) is 19.0. The third-order valence-corrected chi connectivity index (χ3v) is 6.33. The van der Waals surface area contributed by atoms with E-state index >= 15 is 0 Å². The first-order chi connectivity index (χ1) is 16.4. The highest BCUT2D eigenvalue weighted by atomic mass is 32.1. The molecule has 10 heteroatoms. The molecule has 2 aromatic carbocycles. The molecule has 0 saturated heterocycles. The number of rotatable bonds is 9. The van der Waals surface area contributed by atoms with Gasteiger partial charge in [0, 0.05) is 31.6 Å². The Morgan fingerprint density at radius 2 is 1.71 bits per heavy atom. The van der Waals surface area contributed by atoms with Crippen LogP contribution in [0.2, 0.25) is 0 Å². The molecule has 4 rings (SSSR count). The molecule has 0 bridgehead atoms. The Morgan fingerprint density at radius 3 is 2.41 bits per heavy atom. The van der Waals surface area contributed by atoms with Crippen LogP contribution in [0.1, 0.15) is 24.0 Å². The molecule has 1 amide bonds. The van der Waals surface area contributed by atoms with Crippen LogP contribution in [0.15, 0.2) is 75.6 Å². The van der Waals surface area contributed by atoms with E-state index in [1.807, 2.05) is 30.3 Å². The van der Waals surface area contributed by atoms with Crippen LogP contribution < -0.4 is 16.6 Å². The zero-order chi connectivity index (χ0) is 24.1. The third kappa shape index (κ3) is 5.12. The third-order valence-electron chi connectivity index (χ3n) is 5.44. The molecule has 0 fully saturated rings. The summed E-state index contributed by atoms with van der Waals surface area (Å²) in [4.78, 5) is 48.7. The van der Waals surface area contributed by atoms with Gasteiger partial charge in [0.05, 0.1) is 17.0 Å². The van der Waals surface area contributed by atoms with Crippen LogP contribution in [0.25, 0.3) is 10.2 Å². The molecule has 0 aliphatic heterocycles. The van der Waals surface area contributed by atoms with Gasteiger partial charge in [0.15, 0.2) is 0 Å². The maximum Gasteiger partial charge on any atom is 0.331 e. The summed E-state index contributed by atoms with van der Waals surface area (Å²) in [5, 5.41) is 15.5. The van der Waals surface area contributed by atoms with Crippen LogP contribution in [-0.2, 0) is 24.4 Å². The van der Waals surface area contributed by atoms with Crippen molar-refractivity contribution in [2.45, 2.75) is 32.5 Å². The van der Waals surface area contributed by atoms with Gasteiger partial charge in [-0.1, -0.05) is 42.5 Å². The maximum absolute atomic E-state index is 13.2. The molecule has 9 nitrogen and oxygen atoms in total. The summed E-state index contributed by atoms with van der Waals surface area (Å²) in [5.74, 6) is -0.152. The Kier molecular flexibility index (Phi) is 6.98. The van der Waals surface area contributed by atoms with Crippen molar-refractivity contribution in [3.05, 3.63) is 108 Å². The topological polar surface area (TPSA) is 116 Å². The van der Waals surface area contributed by atoms with Gasteiger partial charge in [-0.2, -0.15) is 0 Å². The van der Waals surface area contributed by atoms with Gasteiger partial charge in [-0.3, -0.25) is 28.8 Å². The standard InChI is InChI=1S/C24H22N4O5S/c29-21(25-15-17-5-2-1-3-6-17)7-4-13-26-23(30)22-20(12-14-34-22)27(24(26)31)16-18-8-10-19(11-9-18)28(32)33/h1-3,5-6,8-12,14H,4,7,13,15-16H2,(H,25,29). The van der Waals surface area contributed by atoms with E-state index < -0.39 is 10.6 Å². The fraction of sp³-hybridized carbons (Fsp3) is 0.208. The van der Waals surface area contributed by atoms with E-state index in [4.69, 9.17) is 0 Å². The average molecular weight is 479 g/mol. The number of amides is 1. The van der Waals surface area contributed by atoms with E-state index in [0.29, 0.717) is 28.7 Å². The Morgan fingerprint density at radius 1 is 0.971 bits per heavy atom. The number of hydrogen-bond donors (Lipinski definition) is 1. The summed E-state index contributed by atoms with van der Waals surface area (Å²) in [5.41, 5.74) is 1.33. The van der Waals surface area contributed by atoms with Crippen molar-refractivity contribution in [2.24, 2.45) is 0 Å². The fourth-order valence-corrected chi connectivity index (χ4v) is 4.51. The first kappa shape index (κ1) is 23.1. The number of benzene rings is 2. The van der Waals surface area contributed by atoms with Crippen molar-refractivity contribution < 1.29 is 9.72 Å². The second-order valence-electron chi connectivity index (χ2n) is 7.75. The fourth-order valence-electron chi connectivity index (χ4n) is 3.67. The summed E-state index contributed by atoms with van der Waals surface area (Å²) < 4.78 is 3.11. The van der Waals surface area contributed by atoms with Gasteiger partial charge >= 0.3 is 5.69 Å². The number of nitro groups is 1. The molecular weight excluding hydrogens is 456 g/mol. The second-order valence-corrected chi connectivity index (χ2v) is 8.67. The first-order valence-electron chi connectivity index (χ1n) is 10.7. The lowest BCUT2D eigenvalue weighted by atomic mass is 10.2. The van der Waals surface area contributed by atoms with E-state index in [1.165, 1.54) is 28.0 Å². The average Bonchev–Trinajstić information content (AvgIpc) is 3.34. The number of carbonyl (C=O) groups excluding carboxylic acids is 1. The summed E-state index contributed by atoms with van der Waals surface area (Å²) in [6.07, 6.45) is 0.522. The number of non-ortho nitro benzene ring substituents is 1. The largest absolute Gasteiger partial charge is 0.352 e. The molecule has 2 aromatic heterocycles. The van der Waals surface area contributed by atoms with Gasteiger partial charge in [0.1, 0.15) is 4.70 Å². The zero-order valence-electron chi connectivity index (χ0n) is 18.2. The van der Waals surface area contributed by atoms with Crippen molar-refractivity contribution in [1.82, 2.24) is 14.5 Å². The first-order valence-corrected chi connectivity index (χ1v) is 11.6. The highest BCUT2D eigenvalue weighted by Gasteiger charge is 2.15. The van der Waals surface area contributed by atoms with Crippen LogP contribution >= 0.6 is 11.3 Å². The maximum atomic E-state index is 13.2. The van der Waals surface area contributed by atoms with E-state index in [2.05, 4.69) is 5.32 Å². The summed E-state index contributed by atoms with van der Waals surface area (Å²) in [7, 11) is 0. The van der Waals surface area contributed by atoms with Gasteiger partial charge in [-0.15, -0.1) is 11.3 Å². The molecule has 174 valence electrons. The van der Waals surface area contributed by atoms with Gasteiger partial charge in [0.2, 0.25) is 5.91 Å². The van der Waals surface area contributed by atoms with Gasteiger partial charge < -0.3 is 5.32 Å². The summed E-state index contributed by atoms with van der Waals surface area (Å²) >= 11 is 1.25. The van der Waals surface area contributed by atoms with Crippen LogP contribution in [0.4, 0.5) is 5.69 Å². The van der Waals surface area contributed by atoms with E-state index in [1.54, 1.807) is 23.6 Å². The van der Waals surface area contributed by atoms with Crippen molar-refractivity contribution in [3.63, 3.8) is 0 Å². The minimum atomic E-state index is -0.483. The van der Waals surface area contributed by atoms with Crippen molar-refractivity contribution in [2.75, 3.05) is 0 Å². The highest BCUT2D eigenvalue weighted by Crippen LogP contribution is 2.18. The van der Waals surface area contributed by atoms with E-state index in [-0.39, 0.29) is 36.7 Å². The Balaban J connectivity index is 1.49. The molecule has 0 saturated carbocycles. The number of thiophene rings is 1. The number of nitrogens with one attached hydrogen (secondary N) is 1. The molecule has 0 radical (unpaired) electrons. The number of nitro benzene ring substituents is 1. The number of fused-ring (bicyclic) bond motifs is 1. The molecule has 0 aliphatic rings. The predicted octanol–water partition coefficient (Wildman–Crippen LogP) is 3.28. The van der Waals surface area contributed by atoms with E-state index in [9.17, 15) is 24.5 Å². The summed E-state index contributed by atoms with van der Waals surface area (Å²) in [6, 6.07) is 17.2. The molecule has 0 unspecified atom stereocenters. The minimum absolute atomic E-state index is 0.0349. The smallest absolute Gasteiger partial charge is 0.331 e. The molecule has 0 aliphatic carbocycles. The molecule has 0 atom stereocenters. The van der Waals surface area contributed by atoms with Crippen molar-refractivity contribution in [3.8, 4) is 0 Å². The van der Waals surface area contributed by atoms with Crippen LogP contribution in [0.5, 0.6) is 0 Å². The van der Waals surface area contributed by atoms with Crippen LogP contribution in [0, 0.1) is 10.1 Å². The van der Waals surface area contributed by atoms with Crippen LogP contribution in [0.3, 0.4) is 0 Å². The molecule has 0 spiro atoms. The Hall–Kier alpha value is -4.05. The lowest BCUT2D eigenvalue weighted by Crippen LogP contribution is -2.40. The normalized spacial score (nSPS) is 10.9. The molecule has 2 heterocycles. The number of nitrogens with zero attached hydrogens (tertiary/aromatic N) is 3. The lowest BCUT2D eigenvalue weighted by molar-refractivity contribution is -0.384. The lowest BCUT2D eigenvalue weighted by Gasteiger charge is -2.12. The number of aromatic nitrogens is 2. The Labute approximate surface area is 198 Å². The molecule has 4 aromatic rings.